The molecule has 0 aromatic heterocycles. The van der Waals surface area contributed by atoms with Crippen molar-refractivity contribution < 1.29 is 24.2 Å². The summed E-state index contributed by atoms with van der Waals surface area (Å²) in [6.45, 7) is 3.96. The van der Waals surface area contributed by atoms with Gasteiger partial charge in [-0.05, 0) is 85.9 Å². The molecule has 1 heterocycles. The van der Waals surface area contributed by atoms with Crippen molar-refractivity contribution in [3.05, 3.63) is 81.8 Å². The number of carboxylic acids is 1. The monoisotopic (exact) mass is 629 g/mol. The first-order valence-electron chi connectivity index (χ1n) is 12.7. The Balaban J connectivity index is 0.00000441. The van der Waals surface area contributed by atoms with Gasteiger partial charge in [-0.1, -0.05) is 28.1 Å². The number of ether oxygens (including phenoxy) is 2. The molecule has 0 unspecified atom stereocenters. The number of benzene rings is 3. The molecule has 2 N–H and O–H groups in total. The van der Waals surface area contributed by atoms with E-state index in [1.807, 2.05) is 48.3 Å². The summed E-state index contributed by atoms with van der Waals surface area (Å²) in [5.74, 6) is -0.531. The molecule has 40 heavy (non-hydrogen) atoms. The van der Waals surface area contributed by atoms with E-state index >= 15 is 0 Å². The van der Waals surface area contributed by atoms with Crippen molar-refractivity contribution in [3.8, 4) is 11.5 Å². The van der Waals surface area contributed by atoms with E-state index in [2.05, 4.69) is 32.3 Å². The predicted molar refractivity (Wildman–Crippen MR) is 164 cm³/mol. The van der Waals surface area contributed by atoms with E-state index in [0.29, 0.717) is 10.0 Å². The highest BCUT2D eigenvalue weighted by atomic mass is 79.9. The van der Waals surface area contributed by atoms with Crippen LogP contribution in [-0.4, -0.2) is 44.3 Å². The van der Waals surface area contributed by atoms with Gasteiger partial charge in [0.05, 0.1) is 31.3 Å². The number of hydrogen-bond donors (Lipinski definition) is 2. The van der Waals surface area contributed by atoms with Gasteiger partial charge in [0.2, 0.25) is 0 Å². The Hall–Kier alpha value is -3.69. The number of halogens is 2. The fourth-order valence-electron chi connectivity index (χ4n) is 4.65. The number of methoxy groups -OCH3 is 2. The lowest BCUT2D eigenvalue weighted by Crippen LogP contribution is -2.40. The Bertz CT molecular complexity index is 1370. The number of carboxylic acid groups (broad SMARTS) is 1. The second-order valence-electron chi connectivity index (χ2n) is 9.21. The maximum Gasteiger partial charge on any atom is 0.339 e. The highest BCUT2D eigenvalue weighted by Crippen LogP contribution is 2.38. The number of hydrogen-bond acceptors (Lipinski definition) is 6. The molecule has 0 bridgehead atoms. The maximum atomic E-state index is 13.3. The average molecular weight is 631 g/mol. The van der Waals surface area contributed by atoms with Crippen LogP contribution in [0.2, 0.25) is 0 Å². The second-order valence-corrected chi connectivity index (χ2v) is 10.1. The Morgan fingerprint density at radius 3 is 2.35 bits per heavy atom. The Morgan fingerprint density at radius 1 is 1.02 bits per heavy atom. The van der Waals surface area contributed by atoms with Crippen LogP contribution in [0.1, 0.15) is 40.7 Å². The van der Waals surface area contributed by atoms with E-state index < -0.39 is 5.97 Å². The molecule has 3 aromatic carbocycles. The lowest BCUT2D eigenvalue weighted by Gasteiger charge is -2.35. The van der Waals surface area contributed by atoms with E-state index in [1.165, 1.54) is 25.7 Å². The maximum absolute atomic E-state index is 13.3. The molecule has 4 rings (SSSR count). The first-order chi connectivity index (χ1) is 18.8. The molecule has 0 radical (unpaired) electrons. The number of nitrogens with one attached hydrogen (secondary N) is 1. The van der Waals surface area contributed by atoms with Crippen LogP contribution in [0.15, 0.2) is 65.1 Å². The molecule has 10 heteroatoms. The Kier molecular flexibility index (Phi) is 10.9. The average Bonchev–Trinajstić information content (AvgIpc) is 2.95. The zero-order valence-corrected chi connectivity index (χ0v) is 25.0. The van der Waals surface area contributed by atoms with E-state index in [9.17, 15) is 14.7 Å². The van der Waals surface area contributed by atoms with Crippen LogP contribution >= 0.6 is 28.3 Å². The van der Waals surface area contributed by atoms with Gasteiger partial charge in [-0.3, -0.25) is 15.2 Å². The van der Waals surface area contributed by atoms with Crippen molar-refractivity contribution in [1.82, 2.24) is 5.43 Å². The van der Waals surface area contributed by atoms with Gasteiger partial charge in [0.25, 0.3) is 5.91 Å². The molecule has 3 aromatic rings. The number of rotatable bonds is 9. The van der Waals surface area contributed by atoms with E-state index in [4.69, 9.17) is 9.47 Å². The van der Waals surface area contributed by atoms with Crippen molar-refractivity contribution in [3.63, 3.8) is 0 Å². The third-order valence-corrected chi connectivity index (χ3v) is 7.34. The summed E-state index contributed by atoms with van der Waals surface area (Å²) in [4.78, 5) is 27.2. The van der Waals surface area contributed by atoms with Crippen LogP contribution in [0.4, 0.5) is 17.1 Å². The number of para-hydroxylation sites is 1. The SMILES string of the molecule is COc1ccc(N(NC(=O)C=Cc2cc(OC)c(C(=O)O)cc2Br)c2c(C)cccc2N2CCCCC2)cc1.Cl. The van der Waals surface area contributed by atoms with Gasteiger partial charge >= 0.3 is 5.97 Å². The summed E-state index contributed by atoms with van der Waals surface area (Å²) in [5.41, 5.74) is 7.45. The highest BCUT2D eigenvalue weighted by molar-refractivity contribution is 9.10. The first-order valence-corrected chi connectivity index (χ1v) is 13.5. The van der Waals surface area contributed by atoms with E-state index in [1.54, 1.807) is 19.3 Å². The number of carbonyl (C=O) groups excluding carboxylic acids is 1. The summed E-state index contributed by atoms with van der Waals surface area (Å²) < 4.78 is 11.1. The first kappa shape index (κ1) is 30.8. The van der Waals surface area contributed by atoms with Gasteiger partial charge in [0.1, 0.15) is 17.1 Å². The quantitative estimate of drug-likeness (QED) is 0.199. The number of nitrogens with zero attached hydrogens (tertiary/aromatic N) is 2. The predicted octanol–water partition coefficient (Wildman–Crippen LogP) is 6.77. The lowest BCUT2D eigenvalue weighted by molar-refractivity contribution is -0.116. The Labute approximate surface area is 249 Å². The second kappa shape index (κ2) is 14.1. The van der Waals surface area contributed by atoms with E-state index in [-0.39, 0.29) is 29.6 Å². The molecule has 1 aliphatic rings. The zero-order valence-electron chi connectivity index (χ0n) is 22.6. The minimum Gasteiger partial charge on any atom is -0.497 e. The highest BCUT2D eigenvalue weighted by Gasteiger charge is 2.22. The number of carbonyl (C=O) groups is 2. The van der Waals surface area contributed by atoms with Crippen molar-refractivity contribution in [2.75, 3.05) is 37.2 Å². The van der Waals surface area contributed by atoms with Crippen molar-refractivity contribution >= 4 is 63.4 Å². The molecule has 0 atom stereocenters. The largest absolute Gasteiger partial charge is 0.497 e. The summed E-state index contributed by atoms with van der Waals surface area (Å²) in [7, 11) is 3.02. The molecule has 1 amide bonds. The number of aryl methyl sites for hydroxylation is 1. The van der Waals surface area contributed by atoms with Crippen LogP contribution in [0.25, 0.3) is 6.08 Å². The molecule has 1 saturated heterocycles. The molecule has 0 spiro atoms. The normalized spacial score (nSPS) is 12.9. The minimum absolute atomic E-state index is 0. The molecular formula is C30H33BrClN3O5. The number of hydrazine groups is 1. The fourth-order valence-corrected chi connectivity index (χ4v) is 5.13. The summed E-state index contributed by atoms with van der Waals surface area (Å²) >= 11 is 3.40. The van der Waals surface area contributed by atoms with Crippen LogP contribution in [0, 0.1) is 6.92 Å². The van der Waals surface area contributed by atoms with Crippen LogP contribution in [0.5, 0.6) is 11.5 Å². The third-order valence-electron chi connectivity index (χ3n) is 6.65. The summed E-state index contributed by atoms with van der Waals surface area (Å²) in [6, 6.07) is 16.7. The number of piperidine rings is 1. The van der Waals surface area contributed by atoms with Crippen molar-refractivity contribution in [2.45, 2.75) is 26.2 Å². The summed E-state index contributed by atoms with van der Waals surface area (Å²) in [5, 5.41) is 11.2. The molecule has 8 nitrogen and oxygen atoms in total. The van der Waals surface area contributed by atoms with Gasteiger partial charge < -0.3 is 19.5 Å². The van der Waals surface area contributed by atoms with Gasteiger partial charge in [-0.25, -0.2) is 4.79 Å². The molecule has 212 valence electrons. The topological polar surface area (TPSA) is 91.3 Å². The van der Waals surface area contributed by atoms with Gasteiger partial charge in [0.15, 0.2) is 0 Å². The Morgan fingerprint density at radius 2 is 1.73 bits per heavy atom. The molecule has 1 aliphatic heterocycles. The molecule has 0 aliphatic carbocycles. The van der Waals surface area contributed by atoms with Crippen LogP contribution < -0.4 is 24.8 Å². The fraction of sp³-hybridized carbons (Fsp3) is 0.267. The van der Waals surface area contributed by atoms with Gasteiger partial charge in [-0.15, -0.1) is 12.4 Å². The minimum atomic E-state index is -1.10. The number of anilines is 3. The van der Waals surface area contributed by atoms with Crippen molar-refractivity contribution in [1.29, 1.82) is 0 Å². The summed E-state index contributed by atoms with van der Waals surface area (Å²) in [6.07, 6.45) is 6.50. The van der Waals surface area contributed by atoms with Gasteiger partial charge in [-0.2, -0.15) is 0 Å². The molecule has 1 fully saturated rings. The lowest BCUT2D eigenvalue weighted by atomic mass is 10.1. The van der Waals surface area contributed by atoms with E-state index in [0.717, 1.165) is 54.3 Å². The number of amides is 1. The van der Waals surface area contributed by atoms with Crippen LogP contribution in [0.3, 0.4) is 0 Å². The molecular weight excluding hydrogens is 598 g/mol. The standard InChI is InChI=1S/C30H32BrN3O5.ClH/c1-20-8-7-9-26(33-16-5-4-6-17-33)29(20)34(22-11-13-23(38-2)14-12-22)32-28(35)15-10-21-18-27(39-3)24(30(36)37)19-25(21)31;/h7-15,18-19H,4-6,16-17H2,1-3H3,(H,32,35)(H,36,37);1H. The zero-order chi connectivity index (χ0) is 27.9. The number of aromatic carboxylic acids is 1. The van der Waals surface area contributed by atoms with Gasteiger partial charge in [0, 0.05) is 23.6 Å². The van der Waals surface area contributed by atoms with Crippen LogP contribution in [-0.2, 0) is 4.79 Å². The molecule has 0 saturated carbocycles. The van der Waals surface area contributed by atoms with Crippen molar-refractivity contribution in [2.24, 2.45) is 0 Å². The smallest absolute Gasteiger partial charge is 0.339 e. The third kappa shape index (κ3) is 7.08.